The van der Waals surface area contributed by atoms with E-state index in [2.05, 4.69) is 13.8 Å². The van der Waals surface area contributed by atoms with Gasteiger partial charge in [-0.3, -0.25) is 0 Å². The van der Waals surface area contributed by atoms with E-state index in [1.807, 2.05) is 0 Å². The Balaban J connectivity index is 2.33. The summed E-state index contributed by atoms with van der Waals surface area (Å²) in [6.07, 6.45) is 13.7. The van der Waals surface area contributed by atoms with Crippen LogP contribution >= 0.6 is 0 Å². The minimum atomic E-state index is -0.0889. The van der Waals surface area contributed by atoms with Gasteiger partial charge >= 0.3 is 113 Å². The number of hydrogen-bond donors (Lipinski definition) is 0. The van der Waals surface area contributed by atoms with Crippen LogP contribution in [-0.4, -0.2) is 26.9 Å². The minimum absolute atomic E-state index is 0.0889. The molecule has 0 bridgehead atoms. The summed E-state index contributed by atoms with van der Waals surface area (Å²) in [5, 5.41) is 0. The molecule has 0 unspecified atom stereocenters. The Morgan fingerprint density at radius 3 is 2.06 bits per heavy atom. The molecule has 0 amide bonds. The van der Waals surface area contributed by atoms with E-state index in [-0.39, 0.29) is 21.3 Å². The molecule has 1 nitrogen and oxygen atoms in total. The molecule has 1 aliphatic rings. The van der Waals surface area contributed by atoms with Gasteiger partial charge in [-0.1, -0.05) is 0 Å². The Hall–Kier alpha value is 0.750. The second-order valence-electron chi connectivity index (χ2n) is 5.11. The third-order valence-corrected chi connectivity index (χ3v) is 6.21. The zero-order chi connectivity index (χ0) is 11.7. The van der Waals surface area contributed by atoms with Crippen LogP contribution in [0.2, 0.25) is 4.47 Å². The van der Waals surface area contributed by atoms with Crippen molar-refractivity contribution in [1.29, 1.82) is 0 Å². The Labute approximate surface area is 112 Å². The molecule has 0 saturated carbocycles. The van der Waals surface area contributed by atoms with Crippen molar-refractivity contribution < 1.29 is 3.10 Å². The van der Waals surface area contributed by atoms with Gasteiger partial charge in [0.1, 0.15) is 0 Å². The second kappa shape index (κ2) is 8.78. The van der Waals surface area contributed by atoms with Gasteiger partial charge in [0.2, 0.25) is 0 Å². The topological polar surface area (TPSA) is 9.23 Å². The van der Waals surface area contributed by atoms with Crippen LogP contribution in [0.4, 0.5) is 0 Å². The van der Waals surface area contributed by atoms with Gasteiger partial charge in [0.25, 0.3) is 0 Å². The molecule has 1 aliphatic heterocycles. The molecule has 2 heteroatoms. The fraction of sp³-hybridized carbons (Fsp3) is 1.00. The summed E-state index contributed by atoms with van der Waals surface area (Å²) in [5.41, 5.74) is 0.338. The van der Waals surface area contributed by atoms with Crippen LogP contribution < -0.4 is 0 Å². The van der Waals surface area contributed by atoms with Gasteiger partial charge in [-0.15, -0.1) is 0 Å². The molecule has 96 valence electrons. The zero-order valence-electron chi connectivity index (χ0n) is 11.1. The van der Waals surface area contributed by atoms with Crippen LogP contribution in [-0.2, 0) is 3.10 Å². The van der Waals surface area contributed by atoms with Gasteiger partial charge < -0.3 is 0 Å². The van der Waals surface area contributed by atoms with E-state index in [1.54, 1.807) is 0 Å². The van der Waals surface area contributed by atoms with Crippen molar-refractivity contribution >= 4 is 21.3 Å². The van der Waals surface area contributed by atoms with Gasteiger partial charge in [-0.05, 0) is 0 Å². The van der Waals surface area contributed by atoms with Crippen LogP contribution in [0.15, 0.2) is 0 Å². The molecule has 0 radical (unpaired) electrons. The molecule has 1 saturated heterocycles. The molecule has 0 spiro atoms. The van der Waals surface area contributed by atoms with E-state index in [9.17, 15) is 0 Å². The average molecular weight is 340 g/mol. The van der Waals surface area contributed by atoms with E-state index in [1.165, 1.54) is 68.7 Å². The quantitative estimate of drug-likeness (QED) is 0.458. The summed E-state index contributed by atoms with van der Waals surface area (Å²) in [4.78, 5) is 0. The van der Waals surface area contributed by atoms with Crippen LogP contribution in [0.25, 0.3) is 0 Å². The Kier molecular flexibility index (Phi) is 8.13. The Bertz CT molecular complexity index is 152. The molecular weight excluding hydrogens is 312 g/mol. The molecule has 0 aromatic heterocycles. The van der Waals surface area contributed by atoms with Crippen molar-refractivity contribution in [3.05, 3.63) is 0 Å². The first-order chi connectivity index (χ1) is 7.83. The summed E-state index contributed by atoms with van der Waals surface area (Å²) >= 11 is -0.0889. The fourth-order valence-electron chi connectivity index (χ4n) is 2.51. The summed E-state index contributed by atoms with van der Waals surface area (Å²) < 4.78 is 7.70. The Morgan fingerprint density at radius 2 is 1.62 bits per heavy atom. The first kappa shape index (κ1) is 14.8. The van der Waals surface area contributed by atoms with E-state index in [0.29, 0.717) is 5.60 Å². The molecular formula is C14H28OTe. The summed E-state index contributed by atoms with van der Waals surface area (Å²) in [7, 11) is 0. The average Bonchev–Trinajstić information content (AvgIpc) is 2.31. The van der Waals surface area contributed by atoms with E-state index in [0.717, 1.165) is 0 Å². The summed E-state index contributed by atoms with van der Waals surface area (Å²) in [6.45, 7) is 4.58. The van der Waals surface area contributed by atoms with Gasteiger partial charge in [-0.25, -0.2) is 0 Å². The number of rotatable bonds is 8. The van der Waals surface area contributed by atoms with Gasteiger partial charge in [0, 0.05) is 0 Å². The molecule has 0 atom stereocenters. The molecule has 0 aliphatic carbocycles. The maximum atomic E-state index is 6.29. The third kappa shape index (κ3) is 5.39. The predicted octanol–water partition coefficient (Wildman–Crippen LogP) is 4.73. The number of hydrogen-bond acceptors (Lipinski definition) is 1. The first-order valence-electron chi connectivity index (χ1n) is 7.13. The predicted molar refractivity (Wildman–Crippen MR) is 71.9 cm³/mol. The van der Waals surface area contributed by atoms with Crippen molar-refractivity contribution in [3.8, 4) is 0 Å². The molecule has 1 heterocycles. The van der Waals surface area contributed by atoms with Crippen molar-refractivity contribution in [2.45, 2.75) is 88.1 Å². The van der Waals surface area contributed by atoms with Crippen molar-refractivity contribution in [2.75, 3.05) is 0 Å². The zero-order valence-corrected chi connectivity index (χ0v) is 13.4. The summed E-state index contributed by atoms with van der Waals surface area (Å²) in [6, 6.07) is 0. The second-order valence-corrected chi connectivity index (χ2v) is 7.42. The Morgan fingerprint density at radius 1 is 1.00 bits per heavy atom. The SMILES string of the molecule is CCCCCC1(CCCCC)CCC[Te]O1. The van der Waals surface area contributed by atoms with Crippen LogP contribution in [0.3, 0.4) is 0 Å². The van der Waals surface area contributed by atoms with E-state index >= 15 is 0 Å². The molecule has 1 rings (SSSR count). The van der Waals surface area contributed by atoms with E-state index in [4.69, 9.17) is 3.10 Å². The monoisotopic (exact) mass is 342 g/mol. The van der Waals surface area contributed by atoms with Gasteiger partial charge in [0.15, 0.2) is 0 Å². The molecule has 0 N–H and O–H groups in total. The van der Waals surface area contributed by atoms with Crippen LogP contribution in [0.1, 0.15) is 78.1 Å². The van der Waals surface area contributed by atoms with Gasteiger partial charge in [0.05, 0.1) is 0 Å². The van der Waals surface area contributed by atoms with Crippen molar-refractivity contribution in [3.63, 3.8) is 0 Å². The van der Waals surface area contributed by atoms with Crippen molar-refractivity contribution in [1.82, 2.24) is 0 Å². The van der Waals surface area contributed by atoms with Gasteiger partial charge in [-0.2, -0.15) is 0 Å². The fourth-order valence-corrected chi connectivity index (χ4v) is 4.93. The normalized spacial score (nSPS) is 19.9. The molecule has 0 aromatic carbocycles. The molecule has 1 fully saturated rings. The van der Waals surface area contributed by atoms with Crippen LogP contribution in [0, 0.1) is 0 Å². The molecule has 0 aromatic rings. The third-order valence-electron chi connectivity index (χ3n) is 3.57. The molecule has 16 heavy (non-hydrogen) atoms. The van der Waals surface area contributed by atoms with E-state index < -0.39 is 0 Å². The van der Waals surface area contributed by atoms with Crippen molar-refractivity contribution in [2.24, 2.45) is 0 Å². The number of unbranched alkanes of at least 4 members (excludes halogenated alkanes) is 4. The first-order valence-corrected chi connectivity index (χ1v) is 9.73. The standard InChI is InChI=1S/C14H28OTe/c1-3-5-7-10-14(11-8-6-4-2)12-9-13-16-15-14/h3-13H2,1-2H3. The maximum absolute atomic E-state index is 6.29. The van der Waals surface area contributed by atoms with Crippen LogP contribution in [0.5, 0.6) is 0 Å². The summed E-state index contributed by atoms with van der Waals surface area (Å²) in [5.74, 6) is 0.